The highest BCUT2D eigenvalue weighted by Crippen LogP contribution is 2.30. The standard InChI is InChI=1S/C22H23NO3S2/c1-3-15(2)17-9-5-7-11-19(17)26-13-12-25-18-10-6-4-8-16(18)14-20-21(24)23-22(27)28-20/h4-11,14-15H,3,12-13H2,1-2H3,(H,23,24,27)/b20-14-/t15-/m0/s1. The van der Waals surface area contributed by atoms with Crippen molar-refractivity contribution in [1.82, 2.24) is 5.32 Å². The van der Waals surface area contributed by atoms with E-state index < -0.39 is 0 Å². The van der Waals surface area contributed by atoms with E-state index in [9.17, 15) is 4.79 Å². The number of para-hydroxylation sites is 2. The summed E-state index contributed by atoms with van der Waals surface area (Å²) in [6.07, 6.45) is 2.86. The van der Waals surface area contributed by atoms with Crippen LogP contribution in [0.3, 0.4) is 0 Å². The zero-order chi connectivity index (χ0) is 19.9. The molecule has 0 bridgehead atoms. The lowest BCUT2D eigenvalue weighted by Gasteiger charge is -2.16. The molecule has 1 amide bonds. The fourth-order valence-corrected chi connectivity index (χ4v) is 3.87. The van der Waals surface area contributed by atoms with Gasteiger partial charge in [0.25, 0.3) is 5.91 Å². The van der Waals surface area contributed by atoms with Gasteiger partial charge in [0.2, 0.25) is 0 Å². The van der Waals surface area contributed by atoms with Crippen LogP contribution in [0.4, 0.5) is 0 Å². The number of nitrogens with one attached hydrogen (secondary N) is 1. The average Bonchev–Trinajstić information content (AvgIpc) is 3.03. The van der Waals surface area contributed by atoms with Crippen LogP contribution in [0.15, 0.2) is 53.4 Å². The Kier molecular flexibility index (Phi) is 7.12. The topological polar surface area (TPSA) is 47.6 Å². The molecule has 1 atom stereocenters. The van der Waals surface area contributed by atoms with Crippen molar-refractivity contribution >= 4 is 40.3 Å². The first-order chi connectivity index (χ1) is 13.6. The lowest BCUT2D eigenvalue weighted by Crippen LogP contribution is -2.17. The van der Waals surface area contributed by atoms with Crippen LogP contribution in [0.5, 0.6) is 11.5 Å². The molecule has 0 aromatic heterocycles. The molecule has 28 heavy (non-hydrogen) atoms. The third-order valence-electron chi connectivity index (χ3n) is 4.51. The maximum atomic E-state index is 11.9. The van der Waals surface area contributed by atoms with Crippen molar-refractivity contribution in [3.8, 4) is 11.5 Å². The van der Waals surface area contributed by atoms with Crippen molar-refractivity contribution < 1.29 is 14.3 Å². The number of benzene rings is 2. The Morgan fingerprint density at radius 3 is 2.39 bits per heavy atom. The molecule has 0 saturated carbocycles. The summed E-state index contributed by atoms with van der Waals surface area (Å²) in [4.78, 5) is 12.4. The summed E-state index contributed by atoms with van der Waals surface area (Å²) < 4.78 is 12.4. The van der Waals surface area contributed by atoms with Crippen LogP contribution in [0.25, 0.3) is 6.08 Å². The summed E-state index contributed by atoms with van der Waals surface area (Å²) in [5, 5.41) is 2.62. The van der Waals surface area contributed by atoms with Gasteiger partial charge in [-0.1, -0.05) is 74.2 Å². The van der Waals surface area contributed by atoms with Gasteiger partial charge in [0.15, 0.2) is 0 Å². The summed E-state index contributed by atoms with van der Waals surface area (Å²) in [7, 11) is 0. The van der Waals surface area contributed by atoms with E-state index in [-0.39, 0.29) is 5.91 Å². The van der Waals surface area contributed by atoms with Gasteiger partial charge in [-0.25, -0.2) is 0 Å². The SMILES string of the molecule is CC[C@H](C)c1ccccc1OCCOc1ccccc1/C=C1\SC(=S)NC1=O. The highest BCUT2D eigenvalue weighted by atomic mass is 32.2. The van der Waals surface area contributed by atoms with Gasteiger partial charge < -0.3 is 14.8 Å². The minimum Gasteiger partial charge on any atom is -0.490 e. The molecule has 1 saturated heterocycles. The third kappa shape index (κ3) is 5.14. The Bertz CT molecular complexity index is 895. The second-order valence-corrected chi connectivity index (χ2v) is 8.15. The van der Waals surface area contributed by atoms with E-state index in [1.165, 1.54) is 17.3 Å². The van der Waals surface area contributed by atoms with Crippen LogP contribution in [0, 0.1) is 0 Å². The quantitative estimate of drug-likeness (QED) is 0.369. The van der Waals surface area contributed by atoms with Crippen LogP contribution >= 0.6 is 24.0 Å². The number of thioether (sulfide) groups is 1. The predicted molar refractivity (Wildman–Crippen MR) is 119 cm³/mol. The van der Waals surface area contributed by atoms with Crippen LogP contribution in [-0.4, -0.2) is 23.4 Å². The normalized spacial score (nSPS) is 16.1. The summed E-state index contributed by atoms with van der Waals surface area (Å²) >= 11 is 6.30. The molecule has 4 nitrogen and oxygen atoms in total. The Hall–Kier alpha value is -2.31. The van der Waals surface area contributed by atoms with Crippen LogP contribution < -0.4 is 14.8 Å². The van der Waals surface area contributed by atoms with Crippen LogP contribution in [0.2, 0.25) is 0 Å². The van der Waals surface area contributed by atoms with E-state index in [0.29, 0.717) is 34.1 Å². The number of thiocarbonyl (C=S) groups is 1. The molecule has 0 spiro atoms. The zero-order valence-corrected chi connectivity index (χ0v) is 17.6. The van der Waals surface area contributed by atoms with Crippen molar-refractivity contribution in [3.63, 3.8) is 0 Å². The molecule has 146 valence electrons. The van der Waals surface area contributed by atoms with Gasteiger partial charge >= 0.3 is 0 Å². The van der Waals surface area contributed by atoms with Gasteiger partial charge in [0.1, 0.15) is 29.0 Å². The summed E-state index contributed by atoms with van der Waals surface area (Å²) in [6, 6.07) is 15.7. The van der Waals surface area contributed by atoms with Crippen molar-refractivity contribution in [2.45, 2.75) is 26.2 Å². The van der Waals surface area contributed by atoms with E-state index in [1.54, 1.807) is 6.08 Å². The molecule has 2 aromatic carbocycles. The molecule has 1 heterocycles. The number of hydrogen-bond donors (Lipinski definition) is 1. The second-order valence-electron chi connectivity index (χ2n) is 6.43. The fraction of sp³-hybridized carbons (Fsp3) is 0.273. The van der Waals surface area contributed by atoms with Crippen molar-refractivity contribution in [3.05, 3.63) is 64.6 Å². The van der Waals surface area contributed by atoms with Crippen molar-refractivity contribution in [2.24, 2.45) is 0 Å². The van der Waals surface area contributed by atoms with E-state index in [4.69, 9.17) is 21.7 Å². The van der Waals surface area contributed by atoms with Gasteiger partial charge in [-0.05, 0) is 36.1 Å². The number of carbonyl (C=O) groups is 1. The first kappa shape index (κ1) is 20.4. The monoisotopic (exact) mass is 413 g/mol. The lowest BCUT2D eigenvalue weighted by atomic mass is 9.98. The van der Waals surface area contributed by atoms with Crippen LogP contribution in [0.1, 0.15) is 37.3 Å². The molecular weight excluding hydrogens is 390 g/mol. The smallest absolute Gasteiger partial charge is 0.263 e. The molecule has 1 N–H and O–H groups in total. The Morgan fingerprint density at radius 1 is 1.07 bits per heavy atom. The van der Waals surface area contributed by atoms with E-state index >= 15 is 0 Å². The van der Waals surface area contributed by atoms with Gasteiger partial charge in [0, 0.05) is 5.56 Å². The number of carbonyl (C=O) groups excluding carboxylic acids is 1. The van der Waals surface area contributed by atoms with Gasteiger partial charge in [-0.2, -0.15) is 0 Å². The molecule has 0 aliphatic carbocycles. The summed E-state index contributed by atoms with van der Waals surface area (Å²) in [6.45, 7) is 5.22. The molecule has 0 radical (unpaired) electrons. The van der Waals surface area contributed by atoms with E-state index in [1.807, 2.05) is 42.5 Å². The fourth-order valence-electron chi connectivity index (χ4n) is 2.84. The zero-order valence-electron chi connectivity index (χ0n) is 15.9. The number of ether oxygens (including phenoxy) is 2. The predicted octanol–water partition coefficient (Wildman–Crippen LogP) is 5.15. The maximum Gasteiger partial charge on any atom is 0.263 e. The number of rotatable bonds is 8. The minimum absolute atomic E-state index is 0.171. The van der Waals surface area contributed by atoms with Gasteiger partial charge in [-0.15, -0.1) is 0 Å². The molecule has 1 fully saturated rings. The summed E-state index contributed by atoms with van der Waals surface area (Å²) in [5.74, 6) is 1.89. The highest BCUT2D eigenvalue weighted by molar-refractivity contribution is 8.26. The average molecular weight is 414 g/mol. The van der Waals surface area contributed by atoms with E-state index in [0.717, 1.165) is 17.7 Å². The Balaban J connectivity index is 1.62. The largest absolute Gasteiger partial charge is 0.490 e. The third-order valence-corrected chi connectivity index (χ3v) is 5.67. The molecule has 3 rings (SSSR count). The Labute approximate surface area is 175 Å². The molecule has 0 unspecified atom stereocenters. The maximum absolute atomic E-state index is 11.9. The van der Waals surface area contributed by atoms with Crippen LogP contribution in [-0.2, 0) is 4.79 Å². The first-order valence-corrected chi connectivity index (χ1v) is 10.5. The van der Waals surface area contributed by atoms with Crippen molar-refractivity contribution in [2.75, 3.05) is 13.2 Å². The molecule has 6 heteroatoms. The molecule has 1 aliphatic heterocycles. The Morgan fingerprint density at radius 2 is 1.71 bits per heavy atom. The van der Waals surface area contributed by atoms with E-state index in [2.05, 4.69) is 25.2 Å². The van der Waals surface area contributed by atoms with Crippen molar-refractivity contribution in [1.29, 1.82) is 0 Å². The first-order valence-electron chi connectivity index (χ1n) is 9.27. The molecular formula is C22H23NO3S2. The molecule has 1 aliphatic rings. The minimum atomic E-state index is -0.171. The molecule has 2 aromatic rings. The lowest BCUT2D eigenvalue weighted by molar-refractivity contribution is -0.115. The summed E-state index contributed by atoms with van der Waals surface area (Å²) in [5.41, 5.74) is 2.06. The number of amides is 1. The second kappa shape index (κ2) is 9.75. The van der Waals surface area contributed by atoms with Gasteiger partial charge in [0.05, 0.1) is 4.91 Å². The highest BCUT2D eigenvalue weighted by Gasteiger charge is 2.22. The van der Waals surface area contributed by atoms with Gasteiger partial charge in [-0.3, -0.25) is 4.79 Å². The number of hydrogen-bond acceptors (Lipinski definition) is 5.